The van der Waals surface area contributed by atoms with E-state index in [2.05, 4.69) is 5.16 Å². The van der Waals surface area contributed by atoms with Crippen molar-refractivity contribution in [3.05, 3.63) is 29.6 Å². The van der Waals surface area contributed by atoms with E-state index in [1.807, 2.05) is 20.8 Å². The van der Waals surface area contributed by atoms with Gasteiger partial charge in [0.15, 0.2) is 5.84 Å². The third-order valence-electron chi connectivity index (χ3n) is 2.20. The molecular weight excluding hydrogens is 251 g/mol. The van der Waals surface area contributed by atoms with Crippen molar-refractivity contribution < 1.29 is 19.1 Å². The van der Waals surface area contributed by atoms with Gasteiger partial charge in [-0.05, 0) is 39.0 Å². The van der Waals surface area contributed by atoms with Crippen LogP contribution in [0.15, 0.2) is 23.4 Å². The minimum atomic E-state index is -0.486. The molecule has 0 unspecified atom stereocenters. The van der Waals surface area contributed by atoms with Crippen molar-refractivity contribution in [3.8, 4) is 5.75 Å². The lowest BCUT2D eigenvalue weighted by Gasteiger charge is -2.19. The minimum Gasteiger partial charge on any atom is -0.490 e. The van der Waals surface area contributed by atoms with Gasteiger partial charge >= 0.3 is 0 Å². The maximum absolute atomic E-state index is 13.1. The third kappa shape index (κ3) is 5.13. The van der Waals surface area contributed by atoms with Gasteiger partial charge in [-0.15, -0.1) is 0 Å². The lowest BCUT2D eigenvalue weighted by molar-refractivity contribution is -0.0163. The molecule has 1 aromatic rings. The van der Waals surface area contributed by atoms with E-state index < -0.39 is 5.82 Å². The summed E-state index contributed by atoms with van der Waals surface area (Å²) < 4.78 is 24.1. The van der Waals surface area contributed by atoms with Crippen LogP contribution in [0.2, 0.25) is 0 Å². The van der Waals surface area contributed by atoms with E-state index in [4.69, 9.17) is 20.4 Å². The van der Waals surface area contributed by atoms with Crippen LogP contribution in [0.25, 0.3) is 0 Å². The molecule has 3 N–H and O–H groups in total. The Bertz CT molecular complexity index is 456. The Labute approximate surface area is 111 Å². The maximum atomic E-state index is 13.1. The van der Waals surface area contributed by atoms with Crippen molar-refractivity contribution in [3.63, 3.8) is 0 Å². The summed E-state index contributed by atoms with van der Waals surface area (Å²) in [6.45, 7) is 6.48. The smallest absolute Gasteiger partial charge is 0.173 e. The molecule has 1 aromatic carbocycles. The summed E-state index contributed by atoms with van der Waals surface area (Å²) in [6.07, 6.45) is 0. The number of halogens is 1. The molecule has 0 aliphatic rings. The number of hydrogen-bond donors (Lipinski definition) is 2. The highest BCUT2D eigenvalue weighted by atomic mass is 19.1. The normalized spacial score (nSPS) is 12.5. The largest absolute Gasteiger partial charge is 0.490 e. The Balaban J connectivity index is 2.68. The zero-order valence-corrected chi connectivity index (χ0v) is 11.3. The van der Waals surface area contributed by atoms with Gasteiger partial charge in [0.05, 0.1) is 17.8 Å². The molecule has 1 rings (SSSR count). The predicted molar refractivity (Wildman–Crippen MR) is 70.1 cm³/mol. The van der Waals surface area contributed by atoms with Crippen LogP contribution in [0.3, 0.4) is 0 Å². The van der Waals surface area contributed by atoms with Gasteiger partial charge in [0.2, 0.25) is 0 Å². The summed E-state index contributed by atoms with van der Waals surface area (Å²) in [4.78, 5) is 0. The second kappa shape index (κ2) is 6.38. The molecule has 0 spiro atoms. The first-order chi connectivity index (χ1) is 8.83. The van der Waals surface area contributed by atoms with Crippen LogP contribution in [0.4, 0.5) is 4.39 Å². The van der Waals surface area contributed by atoms with E-state index in [-0.39, 0.29) is 23.6 Å². The number of ether oxygens (including phenoxy) is 2. The molecule has 5 nitrogen and oxygen atoms in total. The minimum absolute atomic E-state index is 0.203. The fraction of sp³-hybridized carbons (Fsp3) is 0.462. The quantitative estimate of drug-likeness (QED) is 0.282. The van der Waals surface area contributed by atoms with Gasteiger partial charge in [-0.25, -0.2) is 4.39 Å². The van der Waals surface area contributed by atoms with Crippen molar-refractivity contribution >= 4 is 5.84 Å². The van der Waals surface area contributed by atoms with E-state index in [0.717, 1.165) is 6.07 Å². The highest BCUT2D eigenvalue weighted by molar-refractivity contribution is 5.99. The summed E-state index contributed by atoms with van der Waals surface area (Å²) in [5, 5.41) is 11.5. The Kier molecular flexibility index (Phi) is 5.11. The Hall–Kier alpha value is -1.82. The summed E-state index contributed by atoms with van der Waals surface area (Å²) in [5.74, 6) is -0.347. The molecule has 0 fully saturated rings. The molecule has 0 aliphatic carbocycles. The topological polar surface area (TPSA) is 77.1 Å². The van der Waals surface area contributed by atoms with E-state index in [0.29, 0.717) is 12.4 Å². The molecular formula is C13H19FN2O3. The molecule has 0 amide bonds. The van der Waals surface area contributed by atoms with Crippen molar-refractivity contribution in [1.82, 2.24) is 0 Å². The van der Waals surface area contributed by atoms with Gasteiger partial charge in [-0.1, -0.05) is 5.16 Å². The number of hydrogen-bond acceptors (Lipinski definition) is 4. The summed E-state index contributed by atoms with van der Waals surface area (Å²) in [5.41, 5.74) is 5.42. The average molecular weight is 270 g/mol. The first-order valence-electron chi connectivity index (χ1n) is 5.87. The Morgan fingerprint density at radius 3 is 2.63 bits per heavy atom. The van der Waals surface area contributed by atoms with Crippen molar-refractivity contribution in [2.24, 2.45) is 10.9 Å². The second-order valence-corrected chi connectivity index (χ2v) is 4.94. The molecule has 0 bridgehead atoms. The van der Waals surface area contributed by atoms with Gasteiger partial charge in [0, 0.05) is 0 Å². The Morgan fingerprint density at radius 2 is 2.05 bits per heavy atom. The Morgan fingerprint density at radius 1 is 1.37 bits per heavy atom. The molecule has 0 heterocycles. The molecule has 0 atom stereocenters. The van der Waals surface area contributed by atoms with Crippen LogP contribution in [0, 0.1) is 5.82 Å². The first-order valence-corrected chi connectivity index (χ1v) is 5.87. The highest BCUT2D eigenvalue weighted by Gasteiger charge is 2.12. The summed E-state index contributed by atoms with van der Waals surface area (Å²) >= 11 is 0. The molecule has 0 saturated carbocycles. The molecule has 106 valence electrons. The SMILES string of the molecule is CC(C)(C)OCCOc1ccc(F)cc1/C(N)=N/O. The second-order valence-electron chi connectivity index (χ2n) is 4.94. The number of benzene rings is 1. The number of oxime groups is 1. The van der Waals surface area contributed by atoms with E-state index >= 15 is 0 Å². The monoisotopic (exact) mass is 270 g/mol. The number of rotatable bonds is 5. The van der Waals surface area contributed by atoms with Gasteiger partial charge in [-0.3, -0.25) is 0 Å². The van der Waals surface area contributed by atoms with E-state index in [9.17, 15) is 4.39 Å². The summed E-state index contributed by atoms with van der Waals surface area (Å²) in [6, 6.07) is 3.82. The lowest BCUT2D eigenvalue weighted by Crippen LogP contribution is -2.23. The predicted octanol–water partition coefficient (Wildman–Crippen LogP) is 2.11. The van der Waals surface area contributed by atoms with Gasteiger partial charge < -0.3 is 20.4 Å². The molecule has 0 aromatic heterocycles. The van der Waals surface area contributed by atoms with Crippen molar-refractivity contribution in [2.75, 3.05) is 13.2 Å². The number of amidine groups is 1. The molecule has 6 heteroatoms. The molecule has 0 aliphatic heterocycles. The van der Waals surface area contributed by atoms with Crippen LogP contribution < -0.4 is 10.5 Å². The molecule has 0 radical (unpaired) electrons. The van der Waals surface area contributed by atoms with E-state index in [1.165, 1.54) is 12.1 Å². The third-order valence-corrected chi connectivity index (χ3v) is 2.20. The van der Waals surface area contributed by atoms with Crippen molar-refractivity contribution in [1.29, 1.82) is 0 Å². The van der Waals surface area contributed by atoms with Crippen molar-refractivity contribution in [2.45, 2.75) is 26.4 Å². The fourth-order valence-electron chi connectivity index (χ4n) is 1.38. The number of nitrogens with zero attached hydrogens (tertiary/aromatic N) is 1. The van der Waals surface area contributed by atoms with Crippen LogP contribution in [0.1, 0.15) is 26.3 Å². The van der Waals surface area contributed by atoms with E-state index in [1.54, 1.807) is 0 Å². The first kappa shape index (κ1) is 15.2. The van der Waals surface area contributed by atoms with Crippen LogP contribution in [-0.2, 0) is 4.74 Å². The van der Waals surface area contributed by atoms with Crippen LogP contribution >= 0.6 is 0 Å². The van der Waals surface area contributed by atoms with Gasteiger partial charge in [0.25, 0.3) is 0 Å². The fourth-order valence-corrected chi connectivity index (χ4v) is 1.38. The zero-order chi connectivity index (χ0) is 14.5. The lowest BCUT2D eigenvalue weighted by atomic mass is 10.2. The summed E-state index contributed by atoms with van der Waals surface area (Å²) in [7, 11) is 0. The zero-order valence-electron chi connectivity index (χ0n) is 11.3. The van der Waals surface area contributed by atoms with Crippen LogP contribution in [0.5, 0.6) is 5.75 Å². The van der Waals surface area contributed by atoms with Gasteiger partial charge in [-0.2, -0.15) is 0 Å². The number of nitrogens with two attached hydrogens (primary N) is 1. The standard InChI is InChI=1S/C13H19FN2O3/c1-13(2,3)19-7-6-18-11-5-4-9(14)8-10(11)12(15)16-17/h4-5,8,17H,6-7H2,1-3H3,(H2,15,16). The molecule has 0 saturated heterocycles. The highest BCUT2D eigenvalue weighted by Crippen LogP contribution is 2.19. The molecule has 19 heavy (non-hydrogen) atoms. The van der Waals surface area contributed by atoms with Crippen LogP contribution in [-0.4, -0.2) is 29.9 Å². The maximum Gasteiger partial charge on any atom is 0.173 e. The average Bonchev–Trinajstić information content (AvgIpc) is 2.33. The van der Waals surface area contributed by atoms with Gasteiger partial charge in [0.1, 0.15) is 18.2 Å².